The summed E-state index contributed by atoms with van der Waals surface area (Å²) in [4.78, 5) is 21.7. The number of hydrogen-bond donors (Lipinski definition) is 1. The number of halogens is 1. The van der Waals surface area contributed by atoms with Gasteiger partial charge in [0, 0.05) is 34.7 Å². The second kappa shape index (κ2) is 6.10. The molecule has 7 nitrogen and oxygen atoms in total. The number of nitro benzene ring substituents is 2. The fourth-order valence-electron chi connectivity index (χ4n) is 3.95. The lowest BCUT2D eigenvalue weighted by molar-refractivity contribution is -0.384. The molecule has 132 valence electrons. The Kier molecular flexibility index (Phi) is 3.88. The van der Waals surface area contributed by atoms with E-state index in [1.807, 2.05) is 18.2 Å². The van der Waals surface area contributed by atoms with Crippen molar-refractivity contribution in [3.63, 3.8) is 0 Å². The molecule has 2 aromatic rings. The van der Waals surface area contributed by atoms with Crippen molar-refractivity contribution in [2.45, 2.75) is 18.4 Å². The fraction of sp³-hybridized carbons (Fsp3) is 0.222. The van der Waals surface area contributed by atoms with E-state index in [1.165, 1.54) is 24.3 Å². The molecule has 0 saturated heterocycles. The number of benzene rings is 2. The summed E-state index contributed by atoms with van der Waals surface area (Å²) in [6.45, 7) is 0. The molecule has 0 saturated carbocycles. The lowest BCUT2D eigenvalue weighted by atomic mass is 9.76. The largest absolute Gasteiger partial charge is 0.372 e. The molecule has 0 bridgehead atoms. The summed E-state index contributed by atoms with van der Waals surface area (Å²) in [5.74, 6) is 0.0930. The van der Waals surface area contributed by atoms with Gasteiger partial charge in [0.15, 0.2) is 0 Å². The van der Waals surface area contributed by atoms with Gasteiger partial charge in [-0.05, 0) is 24.0 Å². The smallest absolute Gasteiger partial charge is 0.292 e. The van der Waals surface area contributed by atoms with E-state index in [1.54, 1.807) is 6.07 Å². The van der Waals surface area contributed by atoms with Crippen LogP contribution in [-0.2, 0) is 0 Å². The van der Waals surface area contributed by atoms with Crippen molar-refractivity contribution in [1.82, 2.24) is 0 Å². The summed E-state index contributed by atoms with van der Waals surface area (Å²) in [6, 6.07) is 8.98. The summed E-state index contributed by atoms with van der Waals surface area (Å²) in [5.41, 5.74) is 1.85. The van der Waals surface area contributed by atoms with Gasteiger partial charge in [-0.3, -0.25) is 20.2 Å². The van der Waals surface area contributed by atoms with Crippen LogP contribution < -0.4 is 5.32 Å². The maximum atomic E-state index is 11.5. The highest BCUT2D eigenvalue weighted by atomic mass is 35.5. The number of rotatable bonds is 3. The zero-order chi connectivity index (χ0) is 18.4. The number of allylic oxidation sites excluding steroid dienone is 2. The van der Waals surface area contributed by atoms with Gasteiger partial charge in [-0.2, -0.15) is 0 Å². The van der Waals surface area contributed by atoms with E-state index in [2.05, 4.69) is 5.32 Å². The van der Waals surface area contributed by atoms with E-state index in [4.69, 9.17) is 11.6 Å². The molecule has 0 radical (unpaired) electrons. The van der Waals surface area contributed by atoms with Crippen LogP contribution in [0, 0.1) is 26.1 Å². The number of para-hydroxylation sites is 1. The first-order valence-electron chi connectivity index (χ1n) is 8.11. The van der Waals surface area contributed by atoms with Gasteiger partial charge < -0.3 is 5.32 Å². The molecule has 4 rings (SSSR count). The summed E-state index contributed by atoms with van der Waals surface area (Å²) in [6.07, 6.45) is 4.86. The quantitative estimate of drug-likeness (QED) is 0.466. The molecule has 0 fully saturated rings. The van der Waals surface area contributed by atoms with Gasteiger partial charge >= 0.3 is 0 Å². The highest BCUT2D eigenvalue weighted by Crippen LogP contribution is 2.53. The monoisotopic (exact) mass is 371 g/mol. The minimum absolute atomic E-state index is 0.00600. The topological polar surface area (TPSA) is 98.3 Å². The van der Waals surface area contributed by atoms with E-state index in [-0.39, 0.29) is 29.3 Å². The van der Waals surface area contributed by atoms with Crippen molar-refractivity contribution in [1.29, 1.82) is 0 Å². The highest BCUT2D eigenvalue weighted by molar-refractivity contribution is 6.31. The Morgan fingerprint density at radius 3 is 2.62 bits per heavy atom. The normalized spacial score (nSPS) is 23.0. The number of hydrogen-bond acceptors (Lipinski definition) is 5. The van der Waals surface area contributed by atoms with Crippen molar-refractivity contribution < 1.29 is 9.85 Å². The van der Waals surface area contributed by atoms with Crippen LogP contribution in [-0.4, -0.2) is 9.85 Å². The van der Waals surface area contributed by atoms with Crippen LogP contribution in [0.15, 0.2) is 48.6 Å². The molecule has 0 spiro atoms. The number of fused-ring (bicyclic) bond motifs is 3. The Hall–Kier alpha value is -2.93. The molecule has 1 aliphatic heterocycles. The minimum atomic E-state index is -0.469. The van der Waals surface area contributed by atoms with Gasteiger partial charge in [-0.25, -0.2) is 0 Å². The second-order valence-corrected chi connectivity index (χ2v) is 6.84. The maximum Gasteiger partial charge on any atom is 0.292 e. The van der Waals surface area contributed by atoms with Crippen LogP contribution in [0.4, 0.5) is 17.1 Å². The van der Waals surface area contributed by atoms with Crippen LogP contribution in [0.3, 0.4) is 0 Å². The first-order valence-corrected chi connectivity index (χ1v) is 8.49. The molecular formula is C18H14ClN3O4. The molecule has 26 heavy (non-hydrogen) atoms. The van der Waals surface area contributed by atoms with Crippen molar-refractivity contribution >= 4 is 28.7 Å². The van der Waals surface area contributed by atoms with Gasteiger partial charge in [-0.15, -0.1) is 0 Å². The number of non-ortho nitro benzene ring substituents is 1. The highest BCUT2D eigenvalue weighted by Gasteiger charge is 2.41. The van der Waals surface area contributed by atoms with E-state index < -0.39 is 9.85 Å². The average Bonchev–Trinajstić information content (AvgIpc) is 3.10. The van der Waals surface area contributed by atoms with Gasteiger partial charge in [0.2, 0.25) is 0 Å². The number of anilines is 1. The molecule has 8 heteroatoms. The molecule has 1 heterocycles. The van der Waals surface area contributed by atoms with Gasteiger partial charge in [0.05, 0.1) is 15.9 Å². The van der Waals surface area contributed by atoms with E-state index in [0.717, 1.165) is 12.0 Å². The molecule has 1 N–H and O–H groups in total. The molecule has 2 aliphatic rings. The van der Waals surface area contributed by atoms with Crippen LogP contribution in [0.25, 0.3) is 0 Å². The second-order valence-electron chi connectivity index (χ2n) is 6.44. The standard InChI is InChI=1S/C18H14ClN3O4/c19-15-8-7-10(21(23)24)9-14(15)17-12-4-1-3-11(12)13-5-2-6-16(22(25)26)18(13)20-17/h1-3,5-9,11-12,17,20H,4H2/t11-,12+,17-/m1/s1. The van der Waals surface area contributed by atoms with Crippen LogP contribution >= 0.6 is 11.6 Å². The number of nitrogens with one attached hydrogen (secondary N) is 1. The zero-order valence-corrected chi connectivity index (χ0v) is 14.2. The summed E-state index contributed by atoms with van der Waals surface area (Å²) < 4.78 is 0. The van der Waals surface area contributed by atoms with Crippen LogP contribution in [0.2, 0.25) is 5.02 Å². The maximum absolute atomic E-state index is 11.5. The Bertz CT molecular complexity index is 959. The fourth-order valence-corrected chi connectivity index (χ4v) is 4.18. The van der Waals surface area contributed by atoms with Gasteiger partial charge in [0.25, 0.3) is 11.4 Å². The Morgan fingerprint density at radius 1 is 1.08 bits per heavy atom. The van der Waals surface area contributed by atoms with E-state index in [9.17, 15) is 20.2 Å². The molecular weight excluding hydrogens is 358 g/mol. The Balaban J connectivity index is 1.86. The van der Waals surface area contributed by atoms with Gasteiger partial charge in [-0.1, -0.05) is 35.9 Å². The van der Waals surface area contributed by atoms with Crippen LogP contribution in [0.1, 0.15) is 29.5 Å². The third-order valence-corrected chi connectivity index (χ3v) is 5.44. The molecule has 1 aliphatic carbocycles. The lowest BCUT2D eigenvalue weighted by Gasteiger charge is -2.37. The predicted octanol–water partition coefficient (Wildman–Crippen LogP) is 4.98. The SMILES string of the molecule is O=[N+]([O-])c1ccc(Cl)c([C@@H]2Nc3c(cccc3[N+](=O)[O-])[C@@H]3C=CC[C@@H]32)c1. The van der Waals surface area contributed by atoms with Crippen molar-refractivity contribution in [3.05, 3.63) is 84.9 Å². The summed E-state index contributed by atoms with van der Waals surface area (Å²) >= 11 is 6.34. The Morgan fingerprint density at radius 2 is 1.88 bits per heavy atom. The number of nitro groups is 2. The summed E-state index contributed by atoms with van der Waals surface area (Å²) in [5, 5.41) is 26.3. The molecule has 0 amide bonds. The molecule has 0 unspecified atom stereocenters. The van der Waals surface area contributed by atoms with Crippen LogP contribution in [0.5, 0.6) is 0 Å². The van der Waals surface area contributed by atoms with Crippen molar-refractivity contribution in [3.8, 4) is 0 Å². The third-order valence-electron chi connectivity index (χ3n) is 5.10. The third kappa shape index (κ3) is 2.52. The molecule has 2 aromatic carbocycles. The Labute approximate surface area is 153 Å². The van der Waals surface area contributed by atoms with E-state index >= 15 is 0 Å². The predicted molar refractivity (Wildman–Crippen MR) is 97.6 cm³/mol. The first kappa shape index (κ1) is 16.5. The van der Waals surface area contributed by atoms with E-state index in [0.29, 0.717) is 16.3 Å². The average molecular weight is 372 g/mol. The zero-order valence-electron chi connectivity index (χ0n) is 13.5. The summed E-state index contributed by atoms with van der Waals surface area (Å²) in [7, 11) is 0. The first-order chi connectivity index (χ1) is 12.5. The lowest BCUT2D eigenvalue weighted by Crippen LogP contribution is -2.29. The van der Waals surface area contributed by atoms with Gasteiger partial charge in [0.1, 0.15) is 5.69 Å². The van der Waals surface area contributed by atoms with Crippen molar-refractivity contribution in [2.75, 3.05) is 5.32 Å². The minimum Gasteiger partial charge on any atom is -0.372 e. The number of nitrogens with zero attached hydrogens (tertiary/aromatic N) is 2. The molecule has 0 aromatic heterocycles. The van der Waals surface area contributed by atoms with Crippen molar-refractivity contribution in [2.24, 2.45) is 5.92 Å². The molecule has 3 atom stereocenters.